The van der Waals surface area contributed by atoms with Crippen LogP contribution < -0.4 is 0 Å². The van der Waals surface area contributed by atoms with Gasteiger partial charge < -0.3 is 4.74 Å². The van der Waals surface area contributed by atoms with Crippen LogP contribution in [0.5, 0.6) is 0 Å². The van der Waals surface area contributed by atoms with Crippen molar-refractivity contribution < 1.29 is 9.13 Å². The summed E-state index contributed by atoms with van der Waals surface area (Å²) in [4.78, 5) is 0. The molecule has 3 unspecified atom stereocenters. The SMILES string of the molecule is [B]C1(F)CC(C(C)C)COC1C(C)C. The topological polar surface area (TPSA) is 9.23 Å². The van der Waals surface area contributed by atoms with Gasteiger partial charge in [0.25, 0.3) is 0 Å². The lowest BCUT2D eigenvalue weighted by molar-refractivity contribution is -0.115. The van der Waals surface area contributed by atoms with Gasteiger partial charge in [-0.05, 0) is 24.2 Å². The highest BCUT2D eigenvalue weighted by Gasteiger charge is 2.43. The maximum absolute atomic E-state index is 14.0. The molecule has 1 heterocycles. The lowest BCUT2D eigenvalue weighted by Crippen LogP contribution is -2.51. The molecule has 2 radical (unpaired) electrons. The van der Waals surface area contributed by atoms with Gasteiger partial charge in [0.15, 0.2) is 0 Å². The Kier molecular flexibility index (Phi) is 3.62. The average molecular weight is 198 g/mol. The number of halogens is 1. The molecule has 0 saturated carbocycles. The zero-order valence-corrected chi connectivity index (χ0v) is 9.59. The highest BCUT2D eigenvalue weighted by molar-refractivity contribution is 6.15. The van der Waals surface area contributed by atoms with Crippen molar-refractivity contribution in [2.45, 2.75) is 45.8 Å². The Bertz CT molecular complexity index is 192. The van der Waals surface area contributed by atoms with Gasteiger partial charge in [-0.2, -0.15) is 0 Å². The summed E-state index contributed by atoms with van der Waals surface area (Å²) in [6, 6.07) is 0. The van der Waals surface area contributed by atoms with E-state index in [0.29, 0.717) is 18.9 Å². The maximum Gasteiger partial charge on any atom is 0.125 e. The fraction of sp³-hybridized carbons (Fsp3) is 1.00. The van der Waals surface area contributed by atoms with Crippen molar-refractivity contribution in [3.63, 3.8) is 0 Å². The molecule has 1 fully saturated rings. The van der Waals surface area contributed by atoms with Crippen molar-refractivity contribution in [2.75, 3.05) is 6.61 Å². The van der Waals surface area contributed by atoms with E-state index in [0.717, 1.165) is 0 Å². The van der Waals surface area contributed by atoms with E-state index in [-0.39, 0.29) is 11.8 Å². The molecule has 0 spiro atoms. The van der Waals surface area contributed by atoms with Gasteiger partial charge in [-0.3, -0.25) is 4.39 Å². The molecule has 0 N–H and O–H groups in total. The minimum absolute atomic E-state index is 0.137. The molecule has 14 heavy (non-hydrogen) atoms. The third kappa shape index (κ3) is 2.50. The van der Waals surface area contributed by atoms with Crippen LogP contribution in [0.25, 0.3) is 0 Å². The molecular weight excluding hydrogens is 178 g/mol. The van der Waals surface area contributed by atoms with Gasteiger partial charge in [-0.25, -0.2) is 0 Å². The van der Waals surface area contributed by atoms with Crippen molar-refractivity contribution in [3.8, 4) is 0 Å². The molecule has 80 valence electrons. The Morgan fingerprint density at radius 2 is 1.86 bits per heavy atom. The molecule has 0 aliphatic carbocycles. The molecular formula is C11H20BFO. The summed E-state index contributed by atoms with van der Waals surface area (Å²) in [7, 11) is 5.66. The third-order valence-corrected chi connectivity index (χ3v) is 3.09. The standard InChI is InChI=1S/C11H20BFO/c1-7(2)9-5-11(12,13)10(8(3)4)14-6-9/h7-10H,5-6H2,1-4H3. The van der Waals surface area contributed by atoms with Crippen molar-refractivity contribution in [2.24, 2.45) is 17.8 Å². The zero-order valence-electron chi connectivity index (χ0n) is 9.59. The van der Waals surface area contributed by atoms with Gasteiger partial charge in [-0.1, -0.05) is 27.7 Å². The van der Waals surface area contributed by atoms with E-state index >= 15 is 0 Å². The first-order valence-electron chi connectivity index (χ1n) is 5.44. The molecule has 3 atom stereocenters. The van der Waals surface area contributed by atoms with E-state index in [2.05, 4.69) is 13.8 Å². The maximum atomic E-state index is 14.0. The molecule has 1 rings (SSSR count). The Morgan fingerprint density at radius 1 is 1.29 bits per heavy atom. The monoisotopic (exact) mass is 198 g/mol. The summed E-state index contributed by atoms with van der Waals surface area (Å²) in [6.45, 7) is 8.70. The summed E-state index contributed by atoms with van der Waals surface area (Å²) in [5.74, 6) is 0.819. The lowest BCUT2D eigenvalue weighted by Gasteiger charge is -2.43. The molecule has 1 aliphatic rings. The van der Waals surface area contributed by atoms with Crippen LogP contribution in [0.2, 0.25) is 0 Å². The van der Waals surface area contributed by atoms with Gasteiger partial charge in [0.05, 0.1) is 18.3 Å². The Morgan fingerprint density at radius 3 is 2.21 bits per heavy atom. The van der Waals surface area contributed by atoms with Gasteiger partial charge in [0.1, 0.15) is 7.85 Å². The van der Waals surface area contributed by atoms with Crippen molar-refractivity contribution in [1.29, 1.82) is 0 Å². The molecule has 0 aromatic heterocycles. The smallest absolute Gasteiger partial charge is 0.125 e. The highest BCUT2D eigenvalue weighted by Crippen LogP contribution is 2.36. The quantitative estimate of drug-likeness (QED) is 0.619. The first-order chi connectivity index (χ1) is 6.34. The van der Waals surface area contributed by atoms with Gasteiger partial charge in [0.2, 0.25) is 0 Å². The normalized spacial score (nSPS) is 39.4. The molecule has 0 aromatic carbocycles. The fourth-order valence-corrected chi connectivity index (χ4v) is 2.12. The second-order valence-corrected chi connectivity index (χ2v) is 5.13. The summed E-state index contributed by atoms with van der Waals surface area (Å²) < 4.78 is 19.6. The molecule has 0 bridgehead atoms. The molecule has 1 saturated heterocycles. The Balaban J connectivity index is 2.65. The summed E-state index contributed by atoms with van der Waals surface area (Å²) in [6.07, 6.45) is -0.0226. The number of hydrogen-bond donors (Lipinski definition) is 0. The van der Waals surface area contributed by atoms with Crippen LogP contribution in [-0.4, -0.2) is 26.1 Å². The predicted octanol–water partition coefficient (Wildman–Crippen LogP) is 2.54. The van der Waals surface area contributed by atoms with Crippen LogP contribution in [0.15, 0.2) is 0 Å². The third-order valence-electron chi connectivity index (χ3n) is 3.09. The van der Waals surface area contributed by atoms with Gasteiger partial charge >= 0.3 is 0 Å². The number of hydrogen-bond acceptors (Lipinski definition) is 1. The Labute approximate surface area is 87.8 Å². The zero-order chi connectivity index (χ0) is 10.9. The van der Waals surface area contributed by atoms with Gasteiger partial charge in [0, 0.05) is 0 Å². The average Bonchev–Trinajstić information content (AvgIpc) is 2.01. The molecule has 0 aromatic rings. The van der Waals surface area contributed by atoms with Crippen molar-refractivity contribution in [1.82, 2.24) is 0 Å². The summed E-state index contributed by atoms with van der Waals surface area (Å²) >= 11 is 0. The highest BCUT2D eigenvalue weighted by atomic mass is 19.1. The van der Waals surface area contributed by atoms with Crippen molar-refractivity contribution in [3.05, 3.63) is 0 Å². The first-order valence-corrected chi connectivity index (χ1v) is 5.44. The molecule has 1 nitrogen and oxygen atoms in total. The van der Waals surface area contributed by atoms with E-state index < -0.39 is 11.7 Å². The first kappa shape index (κ1) is 12.0. The van der Waals surface area contributed by atoms with Crippen molar-refractivity contribution >= 4 is 7.85 Å². The molecule has 3 heteroatoms. The largest absolute Gasteiger partial charge is 0.375 e. The summed E-state index contributed by atoms with van der Waals surface area (Å²) in [5.41, 5.74) is -1.65. The number of alkyl halides is 1. The minimum atomic E-state index is -1.65. The second-order valence-electron chi connectivity index (χ2n) is 5.13. The van der Waals surface area contributed by atoms with E-state index in [1.807, 2.05) is 13.8 Å². The fourth-order valence-electron chi connectivity index (χ4n) is 2.12. The molecule has 0 amide bonds. The van der Waals surface area contributed by atoms with E-state index in [4.69, 9.17) is 12.6 Å². The number of ether oxygens (including phenoxy) is 1. The Hall–Kier alpha value is -0.0451. The van der Waals surface area contributed by atoms with Crippen LogP contribution in [-0.2, 0) is 4.74 Å². The van der Waals surface area contributed by atoms with Crippen LogP contribution >= 0.6 is 0 Å². The van der Waals surface area contributed by atoms with Crippen LogP contribution in [0.3, 0.4) is 0 Å². The number of rotatable bonds is 2. The van der Waals surface area contributed by atoms with Crippen LogP contribution in [0, 0.1) is 17.8 Å². The van der Waals surface area contributed by atoms with E-state index in [1.165, 1.54) is 0 Å². The van der Waals surface area contributed by atoms with Gasteiger partial charge in [-0.15, -0.1) is 0 Å². The molecule has 1 aliphatic heterocycles. The minimum Gasteiger partial charge on any atom is -0.375 e. The second kappa shape index (κ2) is 4.22. The summed E-state index contributed by atoms with van der Waals surface area (Å²) in [5, 5.41) is 0. The van der Waals surface area contributed by atoms with Crippen LogP contribution in [0.1, 0.15) is 34.1 Å². The van der Waals surface area contributed by atoms with Crippen LogP contribution in [0.4, 0.5) is 4.39 Å². The van der Waals surface area contributed by atoms with E-state index in [1.54, 1.807) is 0 Å². The predicted molar refractivity (Wildman–Crippen MR) is 57.1 cm³/mol. The lowest BCUT2D eigenvalue weighted by atomic mass is 9.66. The van der Waals surface area contributed by atoms with E-state index in [9.17, 15) is 4.39 Å².